The number of halogens is 2. The molecular weight excluding hydrogens is 295 g/mol. The van der Waals surface area contributed by atoms with Crippen molar-refractivity contribution in [3.8, 4) is 0 Å². The monoisotopic (exact) mass is 316 g/mol. The van der Waals surface area contributed by atoms with Gasteiger partial charge in [0, 0.05) is 12.2 Å². The zero-order valence-electron chi connectivity index (χ0n) is 12.0. The standard InChI is InChI=1S/C15H22Cl2N2O/c1-3-5-6-11(4-2)10-18-15(20)19-12-7-8-13(16)14(17)9-12/h7-9,11H,3-6,10H2,1-2H3,(H2,18,19,20). The van der Waals surface area contributed by atoms with Crippen molar-refractivity contribution in [3.05, 3.63) is 28.2 Å². The van der Waals surface area contributed by atoms with Gasteiger partial charge >= 0.3 is 6.03 Å². The fraction of sp³-hybridized carbons (Fsp3) is 0.533. The van der Waals surface area contributed by atoms with E-state index in [9.17, 15) is 4.79 Å². The SMILES string of the molecule is CCCCC(CC)CNC(=O)Nc1ccc(Cl)c(Cl)c1. The zero-order chi connectivity index (χ0) is 15.0. The first kappa shape index (κ1) is 17.1. The van der Waals surface area contributed by atoms with Crippen LogP contribution in [0.3, 0.4) is 0 Å². The highest BCUT2D eigenvalue weighted by Gasteiger charge is 2.09. The number of hydrogen-bond donors (Lipinski definition) is 2. The summed E-state index contributed by atoms with van der Waals surface area (Å²) in [6.45, 7) is 5.03. The molecule has 0 fully saturated rings. The third-order valence-electron chi connectivity index (χ3n) is 3.27. The predicted octanol–water partition coefficient (Wildman–Crippen LogP) is 5.33. The molecule has 2 amide bonds. The summed E-state index contributed by atoms with van der Waals surface area (Å²) in [6, 6.07) is 4.81. The number of unbranched alkanes of at least 4 members (excludes halogenated alkanes) is 1. The summed E-state index contributed by atoms with van der Waals surface area (Å²) in [5, 5.41) is 6.56. The van der Waals surface area contributed by atoms with Gasteiger partial charge in [-0.2, -0.15) is 0 Å². The molecule has 0 aliphatic carbocycles. The second-order valence-corrected chi connectivity index (χ2v) is 5.69. The van der Waals surface area contributed by atoms with Crippen LogP contribution in [0.25, 0.3) is 0 Å². The van der Waals surface area contributed by atoms with Gasteiger partial charge in [0.1, 0.15) is 0 Å². The molecule has 1 aromatic rings. The highest BCUT2D eigenvalue weighted by atomic mass is 35.5. The van der Waals surface area contributed by atoms with Crippen LogP contribution in [0.2, 0.25) is 10.0 Å². The molecule has 0 aromatic heterocycles. The molecule has 5 heteroatoms. The molecule has 20 heavy (non-hydrogen) atoms. The first-order valence-electron chi connectivity index (χ1n) is 7.06. The summed E-state index contributed by atoms with van der Waals surface area (Å²) in [5.41, 5.74) is 0.638. The topological polar surface area (TPSA) is 41.1 Å². The molecule has 0 heterocycles. The third-order valence-corrected chi connectivity index (χ3v) is 4.01. The van der Waals surface area contributed by atoms with E-state index in [4.69, 9.17) is 23.2 Å². The van der Waals surface area contributed by atoms with Gasteiger partial charge in [-0.25, -0.2) is 4.79 Å². The van der Waals surface area contributed by atoms with Gasteiger partial charge in [0.15, 0.2) is 0 Å². The normalized spacial score (nSPS) is 12.0. The number of carbonyl (C=O) groups is 1. The Bertz CT molecular complexity index is 438. The summed E-state index contributed by atoms with van der Waals surface area (Å²) in [7, 11) is 0. The molecule has 0 saturated carbocycles. The Morgan fingerprint density at radius 3 is 2.60 bits per heavy atom. The quantitative estimate of drug-likeness (QED) is 0.701. The molecule has 0 spiro atoms. The maximum Gasteiger partial charge on any atom is 0.319 e. The van der Waals surface area contributed by atoms with Crippen LogP contribution in [0.15, 0.2) is 18.2 Å². The van der Waals surface area contributed by atoms with E-state index in [-0.39, 0.29) is 6.03 Å². The molecular formula is C15H22Cl2N2O. The number of nitrogens with one attached hydrogen (secondary N) is 2. The van der Waals surface area contributed by atoms with E-state index in [2.05, 4.69) is 24.5 Å². The molecule has 0 aliphatic rings. The van der Waals surface area contributed by atoms with Crippen molar-refractivity contribution in [1.29, 1.82) is 0 Å². The van der Waals surface area contributed by atoms with Crippen molar-refractivity contribution < 1.29 is 4.79 Å². The van der Waals surface area contributed by atoms with E-state index in [1.54, 1.807) is 18.2 Å². The fourth-order valence-electron chi connectivity index (χ4n) is 1.93. The highest BCUT2D eigenvalue weighted by molar-refractivity contribution is 6.42. The van der Waals surface area contributed by atoms with Crippen LogP contribution in [0.1, 0.15) is 39.5 Å². The molecule has 1 atom stereocenters. The number of urea groups is 1. The van der Waals surface area contributed by atoms with Gasteiger partial charge in [0.2, 0.25) is 0 Å². The maximum absolute atomic E-state index is 11.8. The van der Waals surface area contributed by atoms with Crippen LogP contribution in [-0.2, 0) is 0 Å². The Morgan fingerprint density at radius 2 is 2.00 bits per heavy atom. The molecule has 0 aliphatic heterocycles. The van der Waals surface area contributed by atoms with Crippen molar-refractivity contribution in [2.24, 2.45) is 5.92 Å². The molecule has 2 N–H and O–H groups in total. The average Bonchev–Trinajstić information content (AvgIpc) is 2.43. The van der Waals surface area contributed by atoms with Crippen LogP contribution in [0.5, 0.6) is 0 Å². The van der Waals surface area contributed by atoms with Gasteiger partial charge in [-0.15, -0.1) is 0 Å². The third kappa shape index (κ3) is 6.02. The number of benzene rings is 1. The van der Waals surface area contributed by atoms with Crippen LogP contribution in [-0.4, -0.2) is 12.6 Å². The van der Waals surface area contributed by atoms with E-state index < -0.39 is 0 Å². The summed E-state index contributed by atoms with van der Waals surface area (Å²) in [6.07, 6.45) is 4.62. The van der Waals surface area contributed by atoms with Crippen LogP contribution in [0, 0.1) is 5.92 Å². The minimum atomic E-state index is -0.210. The zero-order valence-corrected chi connectivity index (χ0v) is 13.5. The van der Waals surface area contributed by atoms with Gasteiger partial charge in [-0.3, -0.25) is 0 Å². The Labute approximate surface area is 131 Å². The summed E-state index contributed by atoms with van der Waals surface area (Å²) >= 11 is 11.7. The first-order valence-corrected chi connectivity index (χ1v) is 7.82. The van der Waals surface area contributed by atoms with Crippen molar-refractivity contribution in [2.45, 2.75) is 39.5 Å². The van der Waals surface area contributed by atoms with Crippen molar-refractivity contribution in [3.63, 3.8) is 0 Å². The lowest BCUT2D eigenvalue weighted by Crippen LogP contribution is -2.33. The lowest BCUT2D eigenvalue weighted by molar-refractivity contribution is 0.249. The van der Waals surface area contributed by atoms with E-state index in [1.807, 2.05) is 0 Å². The van der Waals surface area contributed by atoms with E-state index in [0.29, 0.717) is 28.2 Å². The molecule has 0 saturated heterocycles. The van der Waals surface area contributed by atoms with E-state index >= 15 is 0 Å². The lowest BCUT2D eigenvalue weighted by atomic mass is 9.99. The smallest absolute Gasteiger partial charge is 0.319 e. The van der Waals surface area contributed by atoms with Gasteiger partial charge in [-0.05, 0) is 30.5 Å². The fourth-order valence-corrected chi connectivity index (χ4v) is 2.23. The highest BCUT2D eigenvalue weighted by Crippen LogP contribution is 2.24. The second kappa shape index (κ2) is 9.09. The molecule has 3 nitrogen and oxygen atoms in total. The number of hydrogen-bond acceptors (Lipinski definition) is 1. The molecule has 1 rings (SSSR count). The Morgan fingerprint density at radius 1 is 1.25 bits per heavy atom. The van der Waals surface area contributed by atoms with Crippen LogP contribution in [0.4, 0.5) is 10.5 Å². The van der Waals surface area contributed by atoms with Crippen molar-refractivity contribution in [1.82, 2.24) is 5.32 Å². The minimum absolute atomic E-state index is 0.210. The van der Waals surface area contributed by atoms with Crippen LogP contribution >= 0.6 is 23.2 Å². The maximum atomic E-state index is 11.8. The molecule has 0 bridgehead atoms. The largest absolute Gasteiger partial charge is 0.338 e. The number of amides is 2. The van der Waals surface area contributed by atoms with Crippen LogP contribution < -0.4 is 10.6 Å². The Kier molecular flexibility index (Phi) is 7.78. The van der Waals surface area contributed by atoms with Crippen molar-refractivity contribution >= 4 is 34.9 Å². The summed E-state index contributed by atoms with van der Waals surface area (Å²) in [4.78, 5) is 11.8. The van der Waals surface area contributed by atoms with Gasteiger partial charge in [-0.1, -0.05) is 56.3 Å². The van der Waals surface area contributed by atoms with E-state index in [1.165, 1.54) is 12.8 Å². The predicted molar refractivity (Wildman–Crippen MR) is 86.8 cm³/mol. The van der Waals surface area contributed by atoms with Gasteiger partial charge in [0.05, 0.1) is 10.0 Å². The van der Waals surface area contributed by atoms with Crippen molar-refractivity contribution in [2.75, 3.05) is 11.9 Å². The molecule has 1 aromatic carbocycles. The summed E-state index contributed by atoms with van der Waals surface area (Å²) in [5.74, 6) is 0.537. The molecule has 1 unspecified atom stereocenters. The summed E-state index contributed by atoms with van der Waals surface area (Å²) < 4.78 is 0. The average molecular weight is 317 g/mol. The second-order valence-electron chi connectivity index (χ2n) is 4.88. The minimum Gasteiger partial charge on any atom is -0.338 e. The Balaban J connectivity index is 2.40. The number of rotatable bonds is 7. The van der Waals surface area contributed by atoms with Gasteiger partial charge in [0.25, 0.3) is 0 Å². The molecule has 112 valence electrons. The lowest BCUT2D eigenvalue weighted by Gasteiger charge is -2.15. The number of carbonyl (C=O) groups excluding carboxylic acids is 1. The Hall–Kier alpha value is -0.930. The first-order chi connectivity index (χ1) is 9.56. The van der Waals surface area contributed by atoms with Gasteiger partial charge < -0.3 is 10.6 Å². The van der Waals surface area contributed by atoms with E-state index in [0.717, 1.165) is 12.8 Å². The number of anilines is 1. The molecule has 0 radical (unpaired) electrons.